The van der Waals surface area contributed by atoms with Crippen molar-refractivity contribution in [2.24, 2.45) is 0 Å². The number of amides is 1. The first-order valence-corrected chi connectivity index (χ1v) is 12.8. The largest absolute Gasteiger partial charge is 0.486 e. The first-order chi connectivity index (χ1) is 16.8. The van der Waals surface area contributed by atoms with Gasteiger partial charge < -0.3 is 19.5 Å². The number of rotatable bonds is 5. The van der Waals surface area contributed by atoms with E-state index in [0.717, 1.165) is 11.1 Å². The number of para-hydroxylation sites is 2. The zero-order valence-corrected chi connectivity index (χ0v) is 20.2. The lowest BCUT2D eigenvalue weighted by atomic mass is 10.1. The van der Waals surface area contributed by atoms with Crippen molar-refractivity contribution >= 4 is 21.6 Å². The highest BCUT2D eigenvalue weighted by Gasteiger charge is 2.37. The number of nitrogens with zero attached hydrogens (tertiary/aromatic N) is 1. The van der Waals surface area contributed by atoms with Gasteiger partial charge in [-0.3, -0.25) is 9.10 Å². The van der Waals surface area contributed by atoms with Crippen molar-refractivity contribution in [1.82, 2.24) is 5.32 Å². The zero-order valence-electron chi connectivity index (χ0n) is 19.4. The van der Waals surface area contributed by atoms with E-state index in [1.165, 1.54) is 4.31 Å². The lowest BCUT2D eigenvalue weighted by molar-refractivity contribution is -0.128. The van der Waals surface area contributed by atoms with Crippen LogP contribution in [0.15, 0.2) is 71.6 Å². The summed E-state index contributed by atoms with van der Waals surface area (Å²) in [6.45, 7) is 4.57. The molecule has 1 amide bonds. The van der Waals surface area contributed by atoms with Gasteiger partial charge in [-0.2, -0.15) is 0 Å². The van der Waals surface area contributed by atoms with E-state index in [2.05, 4.69) is 5.32 Å². The Bertz CT molecular complexity index is 1360. The smallest absolute Gasteiger partial charge is 0.264 e. The number of ether oxygens (including phenoxy) is 3. The Morgan fingerprint density at radius 2 is 1.69 bits per heavy atom. The van der Waals surface area contributed by atoms with Gasteiger partial charge in [0.2, 0.25) is 0 Å². The molecule has 0 radical (unpaired) electrons. The summed E-state index contributed by atoms with van der Waals surface area (Å²) in [6.07, 6.45) is -1.02. The number of carbonyl (C=O) groups is 1. The van der Waals surface area contributed by atoms with Crippen molar-refractivity contribution in [1.29, 1.82) is 0 Å². The van der Waals surface area contributed by atoms with Crippen LogP contribution in [0.25, 0.3) is 0 Å². The standard InChI is InChI=1S/C26H26N2O6S/c1-17-7-10-20(11-8-17)35(30,31)28-16-25(34-22-6-4-3-5-21(22)28)26(29)27-18(2)19-9-12-23-24(15-19)33-14-13-32-23/h3-12,15,18,25H,13-14,16H2,1-2H3,(H,27,29). The fourth-order valence-corrected chi connectivity index (χ4v) is 5.60. The zero-order chi connectivity index (χ0) is 24.6. The van der Waals surface area contributed by atoms with Gasteiger partial charge in [-0.15, -0.1) is 0 Å². The first kappa shape index (κ1) is 23.0. The van der Waals surface area contributed by atoms with Crippen molar-refractivity contribution in [3.05, 3.63) is 77.9 Å². The van der Waals surface area contributed by atoms with Crippen LogP contribution >= 0.6 is 0 Å². The van der Waals surface area contributed by atoms with E-state index in [-0.39, 0.29) is 17.5 Å². The molecule has 2 atom stereocenters. The number of benzene rings is 3. The van der Waals surface area contributed by atoms with E-state index in [9.17, 15) is 13.2 Å². The number of hydrogen-bond donors (Lipinski definition) is 1. The number of carbonyl (C=O) groups excluding carboxylic acids is 1. The van der Waals surface area contributed by atoms with Crippen molar-refractivity contribution in [2.45, 2.75) is 30.9 Å². The molecule has 182 valence electrons. The molecule has 5 rings (SSSR count). The molecule has 3 aromatic rings. The molecule has 35 heavy (non-hydrogen) atoms. The summed E-state index contributed by atoms with van der Waals surface area (Å²) in [5.74, 6) is 1.23. The second kappa shape index (κ2) is 9.14. The molecule has 9 heteroatoms. The molecule has 0 saturated carbocycles. The maximum atomic E-state index is 13.5. The number of aryl methyl sites for hydroxylation is 1. The highest BCUT2D eigenvalue weighted by molar-refractivity contribution is 7.92. The Hall–Kier alpha value is -3.72. The van der Waals surface area contributed by atoms with Crippen molar-refractivity contribution in [3.8, 4) is 17.2 Å². The molecule has 0 aliphatic carbocycles. The van der Waals surface area contributed by atoms with Gasteiger partial charge >= 0.3 is 0 Å². The third-order valence-corrected chi connectivity index (χ3v) is 7.86. The van der Waals surface area contributed by atoms with Crippen molar-refractivity contribution in [2.75, 3.05) is 24.1 Å². The van der Waals surface area contributed by atoms with Crippen LogP contribution in [0, 0.1) is 6.92 Å². The van der Waals surface area contributed by atoms with E-state index in [4.69, 9.17) is 14.2 Å². The van der Waals surface area contributed by atoms with Crippen molar-refractivity contribution in [3.63, 3.8) is 0 Å². The number of sulfonamides is 1. The predicted octanol–water partition coefficient (Wildman–Crippen LogP) is 3.60. The Balaban J connectivity index is 1.38. The summed E-state index contributed by atoms with van der Waals surface area (Å²) in [5, 5.41) is 2.94. The molecular weight excluding hydrogens is 468 g/mol. The molecule has 2 aliphatic heterocycles. The number of nitrogens with one attached hydrogen (secondary N) is 1. The lowest BCUT2D eigenvalue weighted by Crippen LogP contribution is -2.51. The molecule has 0 fully saturated rings. The average molecular weight is 495 g/mol. The van der Waals surface area contributed by atoms with Crippen molar-refractivity contribution < 1.29 is 27.4 Å². The number of anilines is 1. The molecule has 2 unspecified atom stereocenters. The van der Waals surface area contributed by atoms with E-state index in [1.807, 2.05) is 32.0 Å². The van der Waals surface area contributed by atoms with Gasteiger partial charge in [-0.25, -0.2) is 8.42 Å². The minimum atomic E-state index is -3.91. The highest BCUT2D eigenvalue weighted by atomic mass is 32.2. The predicted molar refractivity (Wildman–Crippen MR) is 131 cm³/mol. The Morgan fingerprint density at radius 1 is 0.971 bits per heavy atom. The minimum absolute atomic E-state index is 0.146. The molecule has 0 spiro atoms. The van der Waals surface area contributed by atoms with E-state index in [0.29, 0.717) is 36.1 Å². The van der Waals surface area contributed by atoms with Gasteiger partial charge in [-0.1, -0.05) is 35.9 Å². The molecule has 2 aliphatic rings. The summed E-state index contributed by atoms with van der Waals surface area (Å²) in [4.78, 5) is 13.4. The summed E-state index contributed by atoms with van der Waals surface area (Å²) in [7, 11) is -3.91. The van der Waals surface area contributed by atoms with E-state index >= 15 is 0 Å². The number of hydrogen-bond acceptors (Lipinski definition) is 6. The molecule has 0 aromatic heterocycles. The third kappa shape index (κ3) is 4.51. The van der Waals surface area contributed by atoms with Gasteiger partial charge in [0, 0.05) is 0 Å². The molecule has 0 bridgehead atoms. The molecule has 0 saturated heterocycles. The minimum Gasteiger partial charge on any atom is -0.486 e. The average Bonchev–Trinajstić information content (AvgIpc) is 2.87. The van der Waals surface area contributed by atoms with Crippen LogP contribution in [0.3, 0.4) is 0 Å². The molecule has 1 N–H and O–H groups in total. The van der Waals surface area contributed by atoms with Gasteiger partial charge in [0.1, 0.15) is 19.0 Å². The van der Waals surface area contributed by atoms with Crippen LogP contribution in [-0.4, -0.2) is 40.2 Å². The Morgan fingerprint density at radius 3 is 2.46 bits per heavy atom. The SMILES string of the molecule is Cc1ccc(S(=O)(=O)N2CC(C(=O)NC(C)c3ccc4c(c3)OCCO4)Oc3ccccc32)cc1. The van der Waals surface area contributed by atoms with Crippen LogP contribution in [0.1, 0.15) is 24.1 Å². The second-order valence-electron chi connectivity index (χ2n) is 8.56. The first-order valence-electron chi connectivity index (χ1n) is 11.4. The second-order valence-corrected chi connectivity index (χ2v) is 10.4. The summed E-state index contributed by atoms with van der Waals surface area (Å²) in [6, 6.07) is 18.6. The lowest BCUT2D eigenvalue weighted by Gasteiger charge is -2.35. The van der Waals surface area contributed by atoms with Crippen LogP contribution in [0.5, 0.6) is 17.2 Å². The maximum absolute atomic E-state index is 13.5. The molecule has 3 aromatic carbocycles. The third-order valence-electron chi connectivity index (χ3n) is 6.06. The van der Waals surface area contributed by atoms with E-state index < -0.39 is 22.0 Å². The Labute approximate surface area is 204 Å². The van der Waals surface area contributed by atoms with E-state index in [1.54, 1.807) is 48.5 Å². The molecule has 8 nitrogen and oxygen atoms in total. The molecule has 2 heterocycles. The summed E-state index contributed by atoms with van der Waals surface area (Å²) in [5.41, 5.74) is 2.19. The normalized spacial score (nSPS) is 17.7. The van der Waals surface area contributed by atoms with Gasteiger partial charge in [0.05, 0.1) is 23.2 Å². The van der Waals surface area contributed by atoms with Crippen LogP contribution in [0.2, 0.25) is 0 Å². The highest BCUT2D eigenvalue weighted by Crippen LogP contribution is 2.37. The van der Waals surface area contributed by atoms with Crippen LogP contribution in [0.4, 0.5) is 5.69 Å². The fraction of sp³-hybridized carbons (Fsp3) is 0.269. The van der Waals surface area contributed by atoms with Gasteiger partial charge in [0.15, 0.2) is 17.6 Å². The summed E-state index contributed by atoms with van der Waals surface area (Å²) >= 11 is 0. The monoisotopic (exact) mass is 494 g/mol. The molecular formula is C26H26N2O6S. The van der Waals surface area contributed by atoms with Crippen LogP contribution in [-0.2, 0) is 14.8 Å². The number of fused-ring (bicyclic) bond motifs is 2. The van der Waals surface area contributed by atoms with Gasteiger partial charge in [0.25, 0.3) is 15.9 Å². The quantitative estimate of drug-likeness (QED) is 0.583. The van der Waals surface area contributed by atoms with Crippen LogP contribution < -0.4 is 23.8 Å². The fourth-order valence-electron chi connectivity index (χ4n) is 4.12. The van der Waals surface area contributed by atoms with Gasteiger partial charge in [-0.05, 0) is 55.8 Å². The maximum Gasteiger partial charge on any atom is 0.264 e. The summed E-state index contributed by atoms with van der Waals surface area (Å²) < 4.78 is 45.4. The topological polar surface area (TPSA) is 94.2 Å². The Kier molecular flexibility index (Phi) is 6.02.